The van der Waals surface area contributed by atoms with Gasteiger partial charge in [-0.15, -0.1) is 0 Å². The number of halogens is 1. The van der Waals surface area contributed by atoms with Gasteiger partial charge in [-0.2, -0.15) is 0 Å². The van der Waals surface area contributed by atoms with Crippen LogP contribution in [0.5, 0.6) is 0 Å². The highest BCUT2D eigenvalue weighted by Crippen LogP contribution is 2.39. The number of piperidine rings is 1. The topological polar surface area (TPSA) is 59.2 Å². The number of nitrogens with two attached hydrogens (primary N) is 1. The van der Waals surface area contributed by atoms with Gasteiger partial charge in [-0.25, -0.2) is 4.98 Å². The van der Waals surface area contributed by atoms with Crippen molar-refractivity contribution in [3.8, 4) is 0 Å². The van der Waals surface area contributed by atoms with Gasteiger partial charge in [0.15, 0.2) is 0 Å². The Morgan fingerprint density at radius 2 is 2.14 bits per heavy atom. The van der Waals surface area contributed by atoms with Crippen molar-refractivity contribution in [2.24, 2.45) is 11.8 Å². The van der Waals surface area contributed by atoms with Gasteiger partial charge in [0.05, 0.1) is 17.4 Å². The molecule has 1 saturated heterocycles. The first-order valence-electron chi connectivity index (χ1n) is 7.80. The molecule has 114 valence electrons. The lowest BCUT2D eigenvalue weighted by molar-refractivity contribution is 0.0218. The Morgan fingerprint density at radius 1 is 1.38 bits per heavy atom. The van der Waals surface area contributed by atoms with Gasteiger partial charge in [-0.05, 0) is 37.2 Å². The minimum Gasteiger partial charge on any atom is -0.397 e. The molecule has 1 aliphatic carbocycles. The number of nitrogens with zero attached hydrogens (tertiary/aromatic N) is 2. The van der Waals surface area contributed by atoms with E-state index in [1.807, 2.05) is 4.90 Å². The molecular formula is C16H22ClN3O. The van der Waals surface area contributed by atoms with Gasteiger partial charge < -0.3 is 10.6 Å². The zero-order chi connectivity index (χ0) is 15.0. The van der Waals surface area contributed by atoms with Gasteiger partial charge in [0.25, 0.3) is 5.91 Å². The van der Waals surface area contributed by atoms with E-state index in [1.165, 1.54) is 25.5 Å². The molecule has 5 heteroatoms. The summed E-state index contributed by atoms with van der Waals surface area (Å²) in [6, 6.07) is 1.95. The van der Waals surface area contributed by atoms with Gasteiger partial charge in [0.2, 0.25) is 0 Å². The van der Waals surface area contributed by atoms with Crippen LogP contribution in [0.2, 0.25) is 5.15 Å². The SMILES string of the molecule is CC1CCN(C(=O)c2cc(Cl)ncc2N)C2CCCCC12. The summed E-state index contributed by atoms with van der Waals surface area (Å²) in [5.74, 6) is 1.35. The van der Waals surface area contributed by atoms with E-state index in [0.717, 1.165) is 19.4 Å². The Bertz CT molecular complexity index is 548. The first kappa shape index (κ1) is 14.6. The number of pyridine rings is 1. The van der Waals surface area contributed by atoms with E-state index < -0.39 is 0 Å². The minimum absolute atomic E-state index is 0.0144. The number of aromatic nitrogens is 1. The smallest absolute Gasteiger partial charge is 0.256 e. The third-order valence-electron chi connectivity index (χ3n) is 5.13. The summed E-state index contributed by atoms with van der Waals surface area (Å²) in [6.45, 7) is 3.14. The lowest BCUT2D eigenvalue weighted by Gasteiger charge is -2.47. The van der Waals surface area contributed by atoms with Crippen molar-refractivity contribution in [2.45, 2.75) is 45.1 Å². The summed E-state index contributed by atoms with van der Waals surface area (Å²) >= 11 is 5.92. The molecule has 4 nitrogen and oxygen atoms in total. The normalized spacial score (nSPS) is 29.0. The fourth-order valence-corrected chi connectivity index (χ4v) is 4.10. The molecule has 1 saturated carbocycles. The lowest BCUT2D eigenvalue weighted by Crippen LogP contribution is -2.52. The molecule has 3 unspecified atom stereocenters. The number of carbonyl (C=O) groups excluding carboxylic acids is 1. The highest BCUT2D eigenvalue weighted by atomic mass is 35.5. The average molecular weight is 308 g/mol. The third-order valence-corrected chi connectivity index (χ3v) is 5.34. The van der Waals surface area contributed by atoms with Crippen molar-refractivity contribution in [1.82, 2.24) is 9.88 Å². The van der Waals surface area contributed by atoms with Crippen molar-refractivity contribution in [2.75, 3.05) is 12.3 Å². The zero-order valence-corrected chi connectivity index (χ0v) is 13.1. The van der Waals surface area contributed by atoms with Crippen molar-refractivity contribution in [3.63, 3.8) is 0 Å². The minimum atomic E-state index is 0.0144. The maximum Gasteiger partial charge on any atom is 0.256 e. The molecule has 1 aromatic heterocycles. The molecular weight excluding hydrogens is 286 g/mol. The summed E-state index contributed by atoms with van der Waals surface area (Å²) in [5.41, 5.74) is 6.83. The summed E-state index contributed by atoms with van der Waals surface area (Å²) < 4.78 is 0. The number of amides is 1. The van der Waals surface area contributed by atoms with Crippen LogP contribution in [0.15, 0.2) is 12.3 Å². The molecule has 1 amide bonds. The molecule has 0 spiro atoms. The van der Waals surface area contributed by atoms with Crippen LogP contribution in [0.3, 0.4) is 0 Å². The molecule has 1 aromatic rings. The van der Waals surface area contributed by atoms with Crippen LogP contribution in [0.4, 0.5) is 5.69 Å². The van der Waals surface area contributed by atoms with Crippen molar-refractivity contribution < 1.29 is 4.79 Å². The van der Waals surface area contributed by atoms with Gasteiger partial charge in [-0.3, -0.25) is 4.79 Å². The van der Waals surface area contributed by atoms with Crippen LogP contribution >= 0.6 is 11.6 Å². The summed E-state index contributed by atoms with van der Waals surface area (Å²) in [5, 5.41) is 0.318. The lowest BCUT2D eigenvalue weighted by atomic mass is 9.72. The highest BCUT2D eigenvalue weighted by Gasteiger charge is 2.39. The van der Waals surface area contributed by atoms with Crippen LogP contribution in [-0.2, 0) is 0 Å². The number of hydrogen-bond donors (Lipinski definition) is 1. The van der Waals surface area contributed by atoms with Crippen LogP contribution in [-0.4, -0.2) is 28.4 Å². The zero-order valence-electron chi connectivity index (χ0n) is 12.4. The second-order valence-corrected chi connectivity index (χ2v) is 6.76. The molecule has 2 N–H and O–H groups in total. The largest absolute Gasteiger partial charge is 0.397 e. The van der Waals surface area contributed by atoms with Crippen molar-refractivity contribution in [1.29, 1.82) is 0 Å². The Kier molecular flexibility index (Phi) is 4.07. The maximum absolute atomic E-state index is 12.9. The van der Waals surface area contributed by atoms with E-state index >= 15 is 0 Å². The van der Waals surface area contributed by atoms with Gasteiger partial charge in [0, 0.05) is 12.6 Å². The molecule has 1 aliphatic heterocycles. The Morgan fingerprint density at radius 3 is 2.95 bits per heavy atom. The molecule has 0 radical (unpaired) electrons. The summed E-state index contributed by atoms with van der Waals surface area (Å²) in [7, 11) is 0. The van der Waals surface area contributed by atoms with Gasteiger partial charge in [-0.1, -0.05) is 31.4 Å². The number of hydrogen-bond acceptors (Lipinski definition) is 3. The second-order valence-electron chi connectivity index (χ2n) is 6.37. The van der Waals surface area contributed by atoms with Crippen LogP contribution in [0.25, 0.3) is 0 Å². The molecule has 0 aromatic carbocycles. The van der Waals surface area contributed by atoms with E-state index in [0.29, 0.717) is 34.3 Å². The van der Waals surface area contributed by atoms with Crippen LogP contribution < -0.4 is 5.73 Å². The number of carbonyl (C=O) groups is 1. The predicted octanol–water partition coefficient (Wildman–Crippen LogP) is 3.36. The third kappa shape index (κ3) is 2.73. The Hall–Kier alpha value is -1.29. The predicted molar refractivity (Wildman–Crippen MR) is 84.2 cm³/mol. The Balaban J connectivity index is 1.88. The van der Waals surface area contributed by atoms with E-state index in [1.54, 1.807) is 6.07 Å². The number of rotatable bonds is 1. The molecule has 3 rings (SSSR count). The summed E-state index contributed by atoms with van der Waals surface area (Å²) in [6.07, 6.45) is 7.40. The number of likely N-dealkylation sites (tertiary alicyclic amines) is 1. The van der Waals surface area contributed by atoms with E-state index in [2.05, 4.69) is 11.9 Å². The van der Waals surface area contributed by atoms with Gasteiger partial charge in [0.1, 0.15) is 5.15 Å². The van der Waals surface area contributed by atoms with Crippen molar-refractivity contribution in [3.05, 3.63) is 23.0 Å². The van der Waals surface area contributed by atoms with E-state index in [4.69, 9.17) is 17.3 Å². The monoisotopic (exact) mass is 307 g/mol. The Labute approximate surface area is 130 Å². The molecule has 3 atom stereocenters. The molecule has 21 heavy (non-hydrogen) atoms. The van der Waals surface area contributed by atoms with E-state index in [9.17, 15) is 4.79 Å². The van der Waals surface area contributed by atoms with Crippen molar-refractivity contribution >= 4 is 23.2 Å². The quantitative estimate of drug-likeness (QED) is 0.809. The fraction of sp³-hybridized carbons (Fsp3) is 0.625. The van der Waals surface area contributed by atoms with E-state index in [-0.39, 0.29) is 5.91 Å². The highest BCUT2D eigenvalue weighted by molar-refractivity contribution is 6.29. The first-order valence-corrected chi connectivity index (χ1v) is 8.17. The van der Waals surface area contributed by atoms with Gasteiger partial charge >= 0.3 is 0 Å². The second kappa shape index (κ2) is 5.84. The molecule has 2 heterocycles. The fourth-order valence-electron chi connectivity index (χ4n) is 3.95. The number of nitrogen functional groups attached to an aromatic ring is 1. The first-order chi connectivity index (χ1) is 10.1. The molecule has 2 fully saturated rings. The maximum atomic E-state index is 12.9. The molecule has 2 aliphatic rings. The molecule has 0 bridgehead atoms. The standard InChI is InChI=1S/C16H22ClN3O/c1-10-6-7-20(14-5-3-2-4-11(10)14)16(21)12-8-15(17)19-9-13(12)18/h8-11,14H,2-7,18H2,1H3. The summed E-state index contributed by atoms with van der Waals surface area (Å²) in [4.78, 5) is 18.9. The van der Waals surface area contributed by atoms with Crippen LogP contribution in [0, 0.1) is 11.8 Å². The number of fused-ring (bicyclic) bond motifs is 1. The van der Waals surface area contributed by atoms with Crippen LogP contribution in [0.1, 0.15) is 49.4 Å². The number of anilines is 1. The average Bonchev–Trinajstić information content (AvgIpc) is 2.50.